The molecule has 1 aliphatic heterocycles. The third kappa shape index (κ3) is 5.94. The molecule has 0 aromatic heterocycles. The first-order chi connectivity index (χ1) is 13.1. The molecule has 6 heteroatoms. The van der Waals surface area contributed by atoms with E-state index in [1.165, 1.54) is 5.56 Å². The summed E-state index contributed by atoms with van der Waals surface area (Å²) in [5.74, 6) is -0.00726. The van der Waals surface area contributed by atoms with Gasteiger partial charge in [-0.3, -0.25) is 9.69 Å². The molecular weight excluding hydrogens is 383 g/mol. The lowest BCUT2D eigenvalue weighted by atomic mass is 10.1. The fourth-order valence-electron chi connectivity index (χ4n) is 3.18. The van der Waals surface area contributed by atoms with Crippen molar-refractivity contribution in [3.05, 3.63) is 69.2 Å². The van der Waals surface area contributed by atoms with Gasteiger partial charge in [0.25, 0.3) is 0 Å². The van der Waals surface area contributed by atoms with Gasteiger partial charge >= 0.3 is 0 Å². The van der Waals surface area contributed by atoms with Crippen LogP contribution >= 0.6 is 23.2 Å². The third-order valence-corrected chi connectivity index (χ3v) is 5.46. The second-order valence-corrected chi connectivity index (χ2v) is 7.45. The van der Waals surface area contributed by atoms with E-state index in [9.17, 15) is 4.79 Å². The zero-order valence-corrected chi connectivity index (χ0v) is 16.7. The van der Waals surface area contributed by atoms with Gasteiger partial charge in [0.05, 0.1) is 13.2 Å². The number of nitrogens with one attached hydrogen (secondary N) is 1. The van der Waals surface area contributed by atoms with Gasteiger partial charge in [0.2, 0.25) is 5.91 Å². The summed E-state index contributed by atoms with van der Waals surface area (Å²) >= 11 is 12.3. The fraction of sp³-hybridized carbons (Fsp3) is 0.381. The van der Waals surface area contributed by atoms with Gasteiger partial charge in [0.15, 0.2) is 0 Å². The highest BCUT2D eigenvalue weighted by Crippen LogP contribution is 2.25. The van der Waals surface area contributed by atoms with Gasteiger partial charge < -0.3 is 10.1 Å². The summed E-state index contributed by atoms with van der Waals surface area (Å²) < 4.78 is 5.41. The smallest absolute Gasteiger partial charge is 0.220 e. The highest BCUT2D eigenvalue weighted by Gasteiger charge is 2.13. The Bertz CT molecular complexity index is 756. The maximum Gasteiger partial charge on any atom is 0.220 e. The van der Waals surface area contributed by atoms with Gasteiger partial charge in [-0.05, 0) is 35.2 Å². The Morgan fingerprint density at radius 1 is 1.00 bits per heavy atom. The molecule has 0 aliphatic carbocycles. The number of ether oxygens (including phenoxy) is 1. The minimum atomic E-state index is -0.00726. The minimum Gasteiger partial charge on any atom is -0.379 e. The Balaban J connectivity index is 1.52. The van der Waals surface area contributed by atoms with E-state index >= 15 is 0 Å². The van der Waals surface area contributed by atoms with Gasteiger partial charge in [-0.15, -0.1) is 0 Å². The normalized spacial score (nSPS) is 14.9. The van der Waals surface area contributed by atoms with Crippen LogP contribution in [-0.4, -0.2) is 37.1 Å². The molecule has 0 atom stereocenters. The van der Waals surface area contributed by atoms with Crippen LogP contribution in [-0.2, 0) is 29.0 Å². The summed E-state index contributed by atoms with van der Waals surface area (Å²) in [5.41, 5.74) is 3.21. The van der Waals surface area contributed by atoms with Crippen LogP contribution in [0.5, 0.6) is 0 Å². The van der Waals surface area contributed by atoms with Crippen LogP contribution in [0.15, 0.2) is 42.5 Å². The van der Waals surface area contributed by atoms with Gasteiger partial charge in [0.1, 0.15) is 0 Å². The molecule has 1 N–H and O–H groups in total. The van der Waals surface area contributed by atoms with E-state index in [0.717, 1.165) is 44.0 Å². The van der Waals surface area contributed by atoms with Crippen molar-refractivity contribution < 1.29 is 9.53 Å². The Kier molecular flexibility index (Phi) is 7.53. The van der Waals surface area contributed by atoms with E-state index in [4.69, 9.17) is 27.9 Å². The van der Waals surface area contributed by atoms with Crippen LogP contribution in [0.1, 0.15) is 23.1 Å². The highest BCUT2D eigenvalue weighted by molar-refractivity contribution is 6.36. The van der Waals surface area contributed by atoms with Crippen LogP contribution in [0.3, 0.4) is 0 Å². The lowest BCUT2D eigenvalue weighted by Gasteiger charge is -2.27. The average molecular weight is 407 g/mol. The summed E-state index contributed by atoms with van der Waals surface area (Å²) in [6, 6.07) is 13.6. The van der Waals surface area contributed by atoms with Crippen molar-refractivity contribution in [2.24, 2.45) is 0 Å². The number of carbonyl (C=O) groups is 1. The molecule has 0 saturated carbocycles. The van der Waals surface area contributed by atoms with Crippen molar-refractivity contribution in [2.45, 2.75) is 25.9 Å². The van der Waals surface area contributed by atoms with Crippen LogP contribution in [0.25, 0.3) is 0 Å². The molecule has 1 saturated heterocycles. The van der Waals surface area contributed by atoms with Gasteiger partial charge in [0, 0.05) is 42.6 Å². The first kappa shape index (κ1) is 20.2. The molecule has 3 rings (SSSR count). The number of amides is 1. The van der Waals surface area contributed by atoms with E-state index in [2.05, 4.69) is 22.3 Å². The number of halogens is 2. The quantitative estimate of drug-likeness (QED) is 0.752. The lowest BCUT2D eigenvalue weighted by Crippen LogP contribution is -2.36. The molecule has 1 heterocycles. The number of carbonyl (C=O) groups excluding carboxylic acids is 1. The summed E-state index contributed by atoms with van der Waals surface area (Å²) in [5, 5.41) is 4.22. The number of hydrogen-bond acceptors (Lipinski definition) is 3. The summed E-state index contributed by atoms with van der Waals surface area (Å²) in [7, 11) is 0. The monoisotopic (exact) mass is 406 g/mol. The maximum absolute atomic E-state index is 12.3. The van der Waals surface area contributed by atoms with Crippen molar-refractivity contribution in [1.82, 2.24) is 10.2 Å². The molecule has 1 fully saturated rings. The van der Waals surface area contributed by atoms with Crippen molar-refractivity contribution in [3.63, 3.8) is 0 Å². The van der Waals surface area contributed by atoms with Crippen molar-refractivity contribution in [1.29, 1.82) is 0 Å². The van der Waals surface area contributed by atoms with E-state index in [1.807, 2.05) is 12.1 Å². The fourth-order valence-corrected chi connectivity index (χ4v) is 3.76. The number of nitrogens with zero attached hydrogens (tertiary/aromatic N) is 1. The molecule has 2 aromatic rings. The molecule has 0 spiro atoms. The molecular formula is C21H24Cl2N2O2. The van der Waals surface area contributed by atoms with E-state index in [1.54, 1.807) is 18.2 Å². The van der Waals surface area contributed by atoms with Crippen LogP contribution in [0.2, 0.25) is 10.0 Å². The van der Waals surface area contributed by atoms with Crippen molar-refractivity contribution in [2.75, 3.05) is 26.3 Å². The highest BCUT2D eigenvalue weighted by atomic mass is 35.5. The molecule has 1 aliphatic rings. The number of hydrogen-bond donors (Lipinski definition) is 1. The predicted octanol–water partition coefficient (Wildman–Crippen LogP) is 4.07. The third-order valence-electron chi connectivity index (χ3n) is 4.76. The Labute approximate surface area is 170 Å². The SMILES string of the molecule is O=C(CCc1c(Cl)cccc1Cl)NCc1ccccc1CN1CCOCC1. The van der Waals surface area contributed by atoms with E-state index in [0.29, 0.717) is 29.4 Å². The van der Waals surface area contributed by atoms with Crippen molar-refractivity contribution in [3.8, 4) is 0 Å². The second kappa shape index (κ2) is 10.1. The largest absolute Gasteiger partial charge is 0.379 e. The molecule has 144 valence electrons. The lowest BCUT2D eigenvalue weighted by molar-refractivity contribution is -0.121. The average Bonchev–Trinajstić information content (AvgIpc) is 2.68. The van der Waals surface area contributed by atoms with Crippen molar-refractivity contribution >= 4 is 29.1 Å². The number of morpholine rings is 1. The standard InChI is InChI=1S/C21H24Cl2N2O2/c22-19-6-3-7-20(23)18(19)8-9-21(26)24-14-16-4-1-2-5-17(16)15-25-10-12-27-13-11-25/h1-7H,8-15H2,(H,24,26). The van der Waals surface area contributed by atoms with E-state index in [-0.39, 0.29) is 5.91 Å². The zero-order valence-electron chi connectivity index (χ0n) is 15.2. The molecule has 0 unspecified atom stereocenters. The molecule has 2 aromatic carbocycles. The molecule has 0 bridgehead atoms. The summed E-state index contributed by atoms with van der Waals surface area (Å²) in [4.78, 5) is 14.7. The van der Waals surface area contributed by atoms with Gasteiger partial charge in [-0.2, -0.15) is 0 Å². The van der Waals surface area contributed by atoms with Gasteiger partial charge in [-0.1, -0.05) is 53.5 Å². The maximum atomic E-state index is 12.3. The number of rotatable bonds is 7. The summed E-state index contributed by atoms with van der Waals surface area (Å²) in [6.07, 6.45) is 0.884. The van der Waals surface area contributed by atoms with Gasteiger partial charge in [-0.25, -0.2) is 0 Å². The topological polar surface area (TPSA) is 41.6 Å². The Morgan fingerprint density at radius 2 is 1.67 bits per heavy atom. The predicted molar refractivity (Wildman–Crippen MR) is 109 cm³/mol. The van der Waals surface area contributed by atoms with Crippen LogP contribution in [0, 0.1) is 0 Å². The molecule has 1 amide bonds. The Morgan fingerprint density at radius 3 is 2.37 bits per heavy atom. The molecule has 27 heavy (non-hydrogen) atoms. The molecule has 4 nitrogen and oxygen atoms in total. The second-order valence-electron chi connectivity index (χ2n) is 6.63. The Hall–Kier alpha value is -1.59. The number of benzene rings is 2. The summed E-state index contributed by atoms with van der Waals surface area (Å²) in [6.45, 7) is 4.85. The van der Waals surface area contributed by atoms with Crippen LogP contribution < -0.4 is 5.32 Å². The minimum absolute atomic E-state index is 0.00726. The first-order valence-corrected chi connectivity index (χ1v) is 9.95. The van der Waals surface area contributed by atoms with E-state index < -0.39 is 0 Å². The zero-order chi connectivity index (χ0) is 19.1. The van der Waals surface area contributed by atoms with Crippen LogP contribution in [0.4, 0.5) is 0 Å². The molecule has 0 radical (unpaired) electrons. The first-order valence-electron chi connectivity index (χ1n) is 9.20.